The number of furan rings is 2. The lowest BCUT2D eigenvalue weighted by Gasteiger charge is -2.37. The second-order valence-electron chi connectivity index (χ2n) is 34.9. The Morgan fingerprint density at radius 1 is 0.208 bits per heavy atom. The number of anilines is 12. The lowest BCUT2D eigenvalue weighted by molar-refractivity contribution is 0.415. The van der Waals surface area contributed by atoms with Gasteiger partial charge in [-0.2, -0.15) is 0 Å². The molecule has 7 nitrogen and oxygen atoms in total. The van der Waals surface area contributed by atoms with E-state index in [1.165, 1.54) is 132 Å². The maximum atomic E-state index is 6.48. The summed E-state index contributed by atoms with van der Waals surface area (Å²) in [7, 11) is 1.72. The van der Waals surface area contributed by atoms with Crippen molar-refractivity contribution < 1.29 is 13.6 Å². The van der Waals surface area contributed by atoms with Crippen LogP contribution < -0.4 is 24.3 Å². The van der Waals surface area contributed by atoms with Crippen molar-refractivity contribution in [2.75, 3.05) is 26.7 Å². The van der Waals surface area contributed by atoms with Crippen molar-refractivity contribution in [3.05, 3.63) is 427 Å². The Hall–Kier alpha value is -15.4. The minimum atomic E-state index is -0.311. The average Bonchev–Trinajstić information content (AvgIpc) is 1.16. The van der Waals surface area contributed by atoms with Gasteiger partial charge in [-0.3, -0.25) is 0 Å². The van der Waals surface area contributed by atoms with Crippen LogP contribution in [0.2, 0.25) is 0 Å². The molecule has 2 aliphatic rings. The third-order valence-corrected chi connectivity index (χ3v) is 26.7. The molecule has 22 aromatic rings. The third kappa shape index (κ3) is 12.1. The quantitative estimate of drug-likeness (QED) is 0.107. The van der Waals surface area contributed by atoms with Crippen molar-refractivity contribution in [2.45, 2.75) is 59.3 Å². The molecular weight excluding hydrogens is 1520 g/mol. The van der Waals surface area contributed by atoms with E-state index in [1.54, 1.807) is 7.11 Å². The van der Waals surface area contributed by atoms with E-state index in [0.717, 1.165) is 112 Å². The molecule has 0 saturated carbocycles. The number of aryl methyl sites for hydroxylation is 3. The van der Waals surface area contributed by atoms with Gasteiger partial charge in [0.25, 0.3) is 0 Å². The summed E-state index contributed by atoms with van der Waals surface area (Å²) in [5.74, 6) is 0.841. The minimum Gasteiger partial charge on any atom is -0.497 e. The number of ether oxygens (including phenoxy) is 1. The van der Waals surface area contributed by atoms with Gasteiger partial charge in [0.1, 0.15) is 28.1 Å². The molecule has 0 saturated heterocycles. The molecule has 0 atom stereocenters. The summed E-state index contributed by atoms with van der Waals surface area (Å²) >= 11 is 0. The van der Waals surface area contributed by atoms with Crippen LogP contribution in [0, 0.1) is 20.8 Å². The summed E-state index contributed by atoms with van der Waals surface area (Å²) in [5, 5.41) is 19.5. The van der Waals surface area contributed by atoms with E-state index in [-0.39, 0.29) is 10.8 Å². The summed E-state index contributed by atoms with van der Waals surface area (Å²) in [4.78, 5) is 9.54. The van der Waals surface area contributed by atoms with E-state index >= 15 is 0 Å². The highest BCUT2D eigenvalue weighted by molar-refractivity contribution is 6.28. The Kier molecular flexibility index (Phi) is 17.4. The fourth-order valence-electron chi connectivity index (χ4n) is 20.5. The van der Waals surface area contributed by atoms with Crippen LogP contribution in [0.1, 0.15) is 66.6 Å². The van der Waals surface area contributed by atoms with E-state index in [1.807, 2.05) is 36.4 Å². The van der Waals surface area contributed by atoms with Crippen molar-refractivity contribution in [3.63, 3.8) is 0 Å². The Morgan fingerprint density at radius 3 is 0.944 bits per heavy atom. The van der Waals surface area contributed by atoms with Gasteiger partial charge in [-0.25, -0.2) is 0 Å². The van der Waals surface area contributed by atoms with E-state index in [2.05, 4.69) is 420 Å². The van der Waals surface area contributed by atoms with Crippen LogP contribution in [-0.4, -0.2) is 7.11 Å². The Bertz CT molecular complexity index is 8060. The van der Waals surface area contributed by atoms with Gasteiger partial charge in [0.05, 0.1) is 18.5 Å². The molecule has 2 aromatic heterocycles. The first-order valence-electron chi connectivity index (χ1n) is 43.3. The molecule has 2 aliphatic carbocycles. The van der Waals surface area contributed by atoms with E-state index in [0.29, 0.717) is 0 Å². The molecule has 598 valence electrons. The van der Waals surface area contributed by atoms with E-state index < -0.39 is 0 Å². The molecule has 0 N–H and O–H groups in total. The van der Waals surface area contributed by atoms with Crippen LogP contribution in [0.3, 0.4) is 0 Å². The lowest BCUT2D eigenvalue weighted by atomic mass is 9.68. The fourth-order valence-corrected chi connectivity index (χ4v) is 20.5. The largest absolute Gasteiger partial charge is 0.497 e. The fraction of sp³-hybridized carbons (Fsp3) is 0.0847. The van der Waals surface area contributed by atoms with Crippen LogP contribution >= 0.6 is 0 Å². The van der Waals surface area contributed by atoms with Gasteiger partial charge in [0.2, 0.25) is 0 Å². The number of para-hydroxylation sites is 4. The van der Waals surface area contributed by atoms with Gasteiger partial charge in [-0.1, -0.05) is 251 Å². The highest BCUT2D eigenvalue weighted by Crippen LogP contribution is 2.58. The van der Waals surface area contributed by atoms with Crippen molar-refractivity contribution in [1.82, 2.24) is 0 Å². The van der Waals surface area contributed by atoms with Crippen molar-refractivity contribution in [1.29, 1.82) is 0 Å². The van der Waals surface area contributed by atoms with Crippen LogP contribution in [0.25, 0.3) is 131 Å². The molecule has 2 heterocycles. The third-order valence-electron chi connectivity index (χ3n) is 26.7. The zero-order valence-electron chi connectivity index (χ0n) is 71.0. The number of rotatable bonds is 13. The molecule has 0 amide bonds. The smallest absolute Gasteiger partial charge is 0.137 e. The summed E-state index contributed by atoms with van der Waals surface area (Å²) < 4.78 is 18.5. The normalized spacial score (nSPS) is 12.9. The molecule has 125 heavy (non-hydrogen) atoms. The van der Waals surface area contributed by atoms with Crippen LogP contribution in [0.15, 0.2) is 397 Å². The number of benzene rings is 20. The molecule has 0 bridgehead atoms. The number of hydrogen-bond donors (Lipinski definition) is 0. The summed E-state index contributed by atoms with van der Waals surface area (Å²) in [6, 6.07) is 142. The zero-order chi connectivity index (χ0) is 84.1. The summed E-state index contributed by atoms with van der Waals surface area (Å²) in [6.07, 6.45) is 0. The topological polar surface area (TPSA) is 48.5 Å². The zero-order valence-corrected chi connectivity index (χ0v) is 71.0. The maximum Gasteiger partial charge on any atom is 0.137 e. The van der Waals surface area contributed by atoms with Gasteiger partial charge in [0, 0.05) is 112 Å². The molecule has 0 radical (unpaired) electrons. The molecule has 0 spiro atoms. The molecular formula is C118H88N4O3. The van der Waals surface area contributed by atoms with Crippen LogP contribution in [0.4, 0.5) is 68.2 Å². The van der Waals surface area contributed by atoms with Crippen molar-refractivity contribution >= 4 is 177 Å². The summed E-state index contributed by atoms with van der Waals surface area (Å²) in [6.45, 7) is 16.0. The van der Waals surface area contributed by atoms with Gasteiger partial charge in [-0.15, -0.1) is 0 Å². The second-order valence-corrected chi connectivity index (χ2v) is 34.9. The van der Waals surface area contributed by atoms with Gasteiger partial charge in [-0.05, 0) is 289 Å². The molecule has 0 fully saturated rings. The predicted octanol–water partition coefficient (Wildman–Crippen LogP) is 33.5. The Labute approximate surface area is 726 Å². The predicted molar refractivity (Wildman–Crippen MR) is 527 cm³/mol. The molecule has 7 heteroatoms. The first kappa shape index (κ1) is 74.6. The SMILES string of the molecule is CC1(C)c2cc(N(c3ccccc3)c3ccc4c(c3)oc3ccccc34)ccc2-c2cc3c4ccccc4c(N(c4ccccc4)c4ccc5c(c4)oc4ccccc45)cc3c3cccc1c23.COc1ccc(N(c2ccc(C)cc2)c2ccc3c(c2)C(C)(C)c2cccc4c2c-3cc2c3ccccc3c(N(c3ccc(C)cc3)c3ccc(C)cc3)cc42)cc1. The first-order chi connectivity index (χ1) is 61.2. The molecule has 0 aliphatic heterocycles. The highest BCUT2D eigenvalue weighted by Gasteiger charge is 2.38. The average molecular weight is 1610 g/mol. The number of hydrogen-bond acceptors (Lipinski definition) is 7. The molecule has 0 unspecified atom stereocenters. The highest BCUT2D eigenvalue weighted by atomic mass is 16.5. The number of fused-ring (bicyclic) bond motifs is 18. The monoisotopic (exact) mass is 1610 g/mol. The van der Waals surface area contributed by atoms with Crippen molar-refractivity contribution in [3.8, 4) is 28.0 Å². The minimum absolute atomic E-state index is 0.264. The van der Waals surface area contributed by atoms with Gasteiger partial charge >= 0.3 is 0 Å². The van der Waals surface area contributed by atoms with Crippen molar-refractivity contribution in [2.24, 2.45) is 0 Å². The maximum absolute atomic E-state index is 6.48. The van der Waals surface area contributed by atoms with Crippen LogP contribution in [0.5, 0.6) is 5.75 Å². The summed E-state index contributed by atoms with van der Waals surface area (Å²) in [5.41, 5.74) is 30.3. The lowest BCUT2D eigenvalue weighted by Crippen LogP contribution is -2.24. The molecule has 20 aromatic carbocycles. The van der Waals surface area contributed by atoms with Crippen LogP contribution in [-0.2, 0) is 10.8 Å². The second kappa shape index (κ2) is 29.2. The first-order valence-corrected chi connectivity index (χ1v) is 43.3. The number of methoxy groups -OCH3 is 1. The molecule has 24 rings (SSSR count). The number of nitrogens with zero attached hydrogens (tertiary/aromatic N) is 4. The standard InChI is InChI=1S/C63H42N2O2.C55H46N2O/c1-63(2)55-25-15-24-51-53-38-57(65(40-18-7-4-8-19-40)43-30-33-50-48-23-12-14-27-59(48)67-61(50)36-43)46-21-10-9-20-44(46)52(53)37-54(62(51)55)45-31-28-41(34-56(45)63)64(39-16-5-3-6-17-39)42-29-32-49-47-22-11-13-26-58(47)66-60(49)35-42;1-35-14-20-38(21-15-35)56(39-26-29-43(58-6)30-27-39)42-28-31-45-50-33-48-44-10-7-8-11-46(44)53(57(40-22-16-36(2)17-23-40)41-24-18-37(3)19-25-41)34-49(48)47-12-9-13-51(54(47)50)55(4,5)52(45)32-42/h3-38H,1-2H3;7-34H,1-6H3. The van der Waals surface area contributed by atoms with Gasteiger partial charge in [0.15, 0.2) is 0 Å². The van der Waals surface area contributed by atoms with Gasteiger partial charge < -0.3 is 33.2 Å². The Morgan fingerprint density at radius 2 is 0.512 bits per heavy atom. The Balaban J connectivity index is 0.000000146. The van der Waals surface area contributed by atoms with E-state index in [9.17, 15) is 0 Å². The van der Waals surface area contributed by atoms with E-state index in [4.69, 9.17) is 13.6 Å².